The summed E-state index contributed by atoms with van der Waals surface area (Å²) in [6.07, 6.45) is 2.79. The molecule has 0 unspecified atom stereocenters. The Labute approximate surface area is 85.2 Å². The van der Waals surface area contributed by atoms with Gasteiger partial charge in [-0.25, -0.2) is 0 Å². The Balaban J connectivity index is 2.41. The maximum Gasteiger partial charge on any atom is 0.0584 e. The van der Waals surface area contributed by atoms with Crippen LogP contribution in [0, 0.1) is 6.92 Å². The summed E-state index contributed by atoms with van der Waals surface area (Å²) in [6, 6.07) is 4.23. The number of aryl methyl sites for hydroxylation is 1. The van der Waals surface area contributed by atoms with E-state index in [1.807, 2.05) is 25.3 Å². The maximum absolute atomic E-state index is 8.97. The number of nitrogens with one attached hydrogen (secondary N) is 1. The number of hydrogen-bond acceptors (Lipinski definition) is 3. The molecule has 1 rings (SSSR count). The minimum atomic E-state index is 0.179. The largest absolute Gasteiger partial charge is 0.395 e. The lowest BCUT2D eigenvalue weighted by molar-refractivity contribution is 0.238. The van der Waals surface area contributed by atoms with Crippen molar-refractivity contribution in [3.8, 4) is 0 Å². The van der Waals surface area contributed by atoms with Crippen LogP contribution in [-0.4, -0.2) is 22.7 Å². The van der Waals surface area contributed by atoms with Crippen LogP contribution in [0.3, 0.4) is 0 Å². The Morgan fingerprint density at radius 3 is 2.79 bits per heavy atom. The Morgan fingerprint density at radius 2 is 2.29 bits per heavy atom. The summed E-state index contributed by atoms with van der Waals surface area (Å²) in [4.78, 5) is 4.27. The van der Waals surface area contributed by atoms with Crippen LogP contribution in [0.4, 0.5) is 0 Å². The topological polar surface area (TPSA) is 45.1 Å². The lowest BCUT2D eigenvalue weighted by atomic mass is 10.2. The van der Waals surface area contributed by atoms with E-state index in [9.17, 15) is 0 Å². The molecule has 0 saturated heterocycles. The molecule has 1 aromatic rings. The number of aliphatic hydroxyl groups excluding tert-OH is 1. The lowest BCUT2D eigenvalue weighted by Gasteiger charge is -2.13. The molecule has 0 fully saturated rings. The Hall–Kier alpha value is -0.930. The molecule has 0 amide bonds. The third-order valence-corrected chi connectivity index (χ3v) is 2.26. The van der Waals surface area contributed by atoms with Gasteiger partial charge in [0.05, 0.1) is 12.3 Å². The van der Waals surface area contributed by atoms with Gasteiger partial charge in [-0.15, -0.1) is 0 Å². The molecule has 0 saturated carbocycles. The van der Waals surface area contributed by atoms with Gasteiger partial charge in [-0.05, 0) is 25.0 Å². The fourth-order valence-corrected chi connectivity index (χ4v) is 1.19. The molecule has 14 heavy (non-hydrogen) atoms. The standard InChI is InChI=1S/C11H18N2O/c1-3-10(8-14)13-7-11-5-4-9(2)6-12-11/h4-6,10,13-14H,3,7-8H2,1-2H3/t10-/m0/s1. The summed E-state index contributed by atoms with van der Waals surface area (Å²) in [5.41, 5.74) is 2.19. The van der Waals surface area contributed by atoms with Gasteiger partial charge in [-0.2, -0.15) is 0 Å². The van der Waals surface area contributed by atoms with E-state index >= 15 is 0 Å². The second-order valence-electron chi connectivity index (χ2n) is 3.50. The average molecular weight is 194 g/mol. The van der Waals surface area contributed by atoms with E-state index in [0.29, 0.717) is 0 Å². The molecule has 3 heteroatoms. The van der Waals surface area contributed by atoms with Crippen molar-refractivity contribution in [1.29, 1.82) is 0 Å². The van der Waals surface area contributed by atoms with E-state index in [2.05, 4.69) is 17.2 Å². The highest BCUT2D eigenvalue weighted by molar-refractivity contribution is 5.11. The van der Waals surface area contributed by atoms with E-state index in [-0.39, 0.29) is 12.6 Å². The molecule has 0 aliphatic heterocycles. The lowest BCUT2D eigenvalue weighted by Crippen LogP contribution is -2.31. The zero-order valence-corrected chi connectivity index (χ0v) is 8.83. The van der Waals surface area contributed by atoms with Crippen molar-refractivity contribution < 1.29 is 5.11 Å². The van der Waals surface area contributed by atoms with Crippen LogP contribution in [0.15, 0.2) is 18.3 Å². The molecule has 1 heterocycles. The highest BCUT2D eigenvalue weighted by atomic mass is 16.3. The van der Waals surface area contributed by atoms with Crippen molar-refractivity contribution in [1.82, 2.24) is 10.3 Å². The van der Waals surface area contributed by atoms with Crippen LogP contribution in [0.1, 0.15) is 24.6 Å². The third kappa shape index (κ3) is 3.44. The highest BCUT2D eigenvalue weighted by Gasteiger charge is 2.03. The molecule has 2 N–H and O–H groups in total. The zero-order valence-electron chi connectivity index (χ0n) is 8.83. The number of pyridine rings is 1. The van der Waals surface area contributed by atoms with Crippen molar-refractivity contribution in [3.05, 3.63) is 29.6 Å². The molecule has 3 nitrogen and oxygen atoms in total. The molecule has 0 aromatic carbocycles. The Bertz CT molecular complexity index is 254. The first kappa shape index (κ1) is 11.1. The number of hydrogen-bond donors (Lipinski definition) is 2. The summed E-state index contributed by atoms with van der Waals surface area (Å²) in [7, 11) is 0. The summed E-state index contributed by atoms with van der Waals surface area (Å²) < 4.78 is 0. The van der Waals surface area contributed by atoms with Gasteiger partial charge in [0.2, 0.25) is 0 Å². The van der Waals surface area contributed by atoms with Gasteiger partial charge in [0.25, 0.3) is 0 Å². The molecular formula is C11H18N2O. The quantitative estimate of drug-likeness (QED) is 0.741. The number of aliphatic hydroxyl groups is 1. The molecule has 0 bridgehead atoms. The number of rotatable bonds is 5. The average Bonchev–Trinajstić information content (AvgIpc) is 2.22. The van der Waals surface area contributed by atoms with Crippen molar-refractivity contribution in [2.75, 3.05) is 6.61 Å². The predicted octanol–water partition coefficient (Wildman–Crippen LogP) is 1.25. The summed E-state index contributed by atoms with van der Waals surface area (Å²) in [5.74, 6) is 0. The van der Waals surface area contributed by atoms with E-state index in [1.165, 1.54) is 5.56 Å². The van der Waals surface area contributed by atoms with Gasteiger partial charge in [0, 0.05) is 18.8 Å². The molecule has 1 aromatic heterocycles. The van der Waals surface area contributed by atoms with Crippen LogP contribution < -0.4 is 5.32 Å². The minimum absolute atomic E-state index is 0.179. The normalized spacial score (nSPS) is 12.8. The maximum atomic E-state index is 8.97. The van der Waals surface area contributed by atoms with Gasteiger partial charge in [0.1, 0.15) is 0 Å². The molecule has 1 atom stereocenters. The summed E-state index contributed by atoms with van der Waals surface area (Å²) in [6.45, 7) is 4.98. The minimum Gasteiger partial charge on any atom is -0.395 e. The summed E-state index contributed by atoms with van der Waals surface area (Å²) >= 11 is 0. The van der Waals surface area contributed by atoms with Crippen LogP contribution in [0.25, 0.3) is 0 Å². The third-order valence-electron chi connectivity index (χ3n) is 2.26. The van der Waals surface area contributed by atoms with E-state index in [1.54, 1.807) is 0 Å². The number of nitrogens with zero attached hydrogens (tertiary/aromatic N) is 1. The Kier molecular flexibility index (Phi) is 4.56. The first-order valence-corrected chi connectivity index (χ1v) is 5.02. The smallest absolute Gasteiger partial charge is 0.0584 e. The van der Waals surface area contributed by atoms with Crippen LogP contribution >= 0.6 is 0 Å². The van der Waals surface area contributed by atoms with Crippen molar-refractivity contribution in [3.63, 3.8) is 0 Å². The predicted molar refractivity (Wildman–Crippen MR) is 57.0 cm³/mol. The molecule has 0 spiro atoms. The fourth-order valence-electron chi connectivity index (χ4n) is 1.19. The zero-order chi connectivity index (χ0) is 10.4. The first-order chi connectivity index (χ1) is 6.76. The van der Waals surface area contributed by atoms with Gasteiger partial charge >= 0.3 is 0 Å². The second kappa shape index (κ2) is 5.73. The number of aromatic nitrogens is 1. The van der Waals surface area contributed by atoms with Crippen LogP contribution in [0.5, 0.6) is 0 Å². The molecule has 78 valence electrons. The SMILES string of the molecule is CC[C@@H](CO)NCc1ccc(C)cn1. The molecule has 0 aliphatic rings. The van der Waals surface area contributed by atoms with E-state index in [4.69, 9.17) is 5.11 Å². The first-order valence-electron chi connectivity index (χ1n) is 5.02. The van der Waals surface area contributed by atoms with Crippen LogP contribution in [0.2, 0.25) is 0 Å². The Morgan fingerprint density at radius 1 is 1.50 bits per heavy atom. The van der Waals surface area contributed by atoms with Crippen molar-refractivity contribution in [2.24, 2.45) is 0 Å². The second-order valence-corrected chi connectivity index (χ2v) is 3.50. The molecule has 0 aliphatic carbocycles. The van der Waals surface area contributed by atoms with Gasteiger partial charge in [-0.3, -0.25) is 4.98 Å². The van der Waals surface area contributed by atoms with E-state index in [0.717, 1.165) is 18.7 Å². The van der Waals surface area contributed by atoms with Crippen molar-refractivity contribution in [2.45, 2.75) is 32.9 Å². The van der Waals surface area contributed by atoms with Crippen molar-refractivity contribution >= 4 is 0 Å². The fraction of sp³-hybridized carbons (Fsp3) is 0.545. The van der Waals surface area contributed by atoms with Gasteiger partial charge < -0.3 is 10.4 Å². The van der Waals surface area contributed by atoms with Gasteiger partial charge in [-0.1, -0.05) is 13.0 Å². The van der Waals surface area contributed by atoms with Crippen LogP contribution in [-0.2, 0) is 6.54 Å². The molecular weight excluding hydrogens is 176 g/mol. The summed E-state index contributed by atoms with van der Waals surface area (Å²) in [5, 5.41) is 12.2. The monoisotopic (exact) mass is 194 g/mol. The molecule has 0 radical (unpaired) electrons. The highest BCUT2D eigenvalue weighted by Crippen LogP contribution is 1.99. The van der Waals surface area contributed by atoms with Gasteiger partial charge in [0.15, 0.2) is 0 Å². The van der Waals surface area contributed by atoms with E-state index < -0.39 is 0 Å².